The van der Waals surface area contributed by atoms with Crippen molar-refractivity contribution in [3.05, 3.63) is 63.7 Å². The Bertz CT molecular complexity index is 1010. The van der Waals surface area contributed by atoms with Crippen molar-refractivity contribution < 1.29 is 9.53 Å². The van der Waals surface area contributed by atoms with E-state index >= 15 is 0 Å². The molecule has 1 amide bonds. The Kier molecular flexibility index (Phi) is 3.94. The highest BCUT2D eigenvalue weighted by Crippen LogP contribution is 2.15. The summed E-state index contributed by atoms with van der Waals surface area (Å²) in [6.07, 6.45) is -0.585. The number of para-hydroxylation sites is 1. The van der Waals surface area contributed by atoms with Crippen molar-refractivity contribution in [2.24, 2.45) is 0 Å². The average molecular weight is 327 g/mol. The standard InChI is InChI=1S/C16H13N3O3S/c1-22-16(21)17-10-5-4-6-11(9-10)19-14(20)12-7-2-3-8-13(12)18-15(19)23/h2-9H,1H3,(H,17,21)(H,18,23). The maximum Gasteiger partial charge on any atom is 0.411 e. The molecule has 0 spiro atoms. The number of hydrogen-bond acceptors (Lipinski definition) is 4. The Morgan fingerprint density at radius 3 is 2.78 bits per heavy atom. The molecule has 0 fully saturated rings. The van der Waals surface area contributed by atoms with Gasteiger partial charge in [0.1, 0.15) is 0 Å². The lowest BCUT2D eigenvalue weighted by molar-refractivity contribution is 0.187. The molecule has 0 aliphatic rings. The number of carbonyl (C=O) groups is 1. The lowest BCUT2D eigenvalue weighted by atomic mass is 10.2. The molecule has 0 radical (unpaired) electrons. The highest BCUT2D eigenvalue weighted by atomic mass is 32.1. The molecule has 1 heterocycles. The van der Waals surface area contributed by atoms with Gasteiger partial charge in [-0.1, -0.05) is 18.2 Å². The first-order chi connectivity index (χ1) is 11.1. The summed E-state index contributed by atoms with van der Waals surface area (Å²) in [7, 11) is 1.28. The molecule has 0 bridgehead atoms. The molecular weight excluding hydrogens is 314 g/mol. The number of hydrogen-bond donors (Lipinski definition) is 2. The number of aromatic nitrogens is 2. The summed E-state index contributed by atoms with van der Waals surface area (Å²) in [5, 5.41) is 3.09. The van der Waals surface area contributed by atoms with E-state index in [1.54, 1.807) is 42.5 Å². The van der Waals surface area contributed by atoms with Gasteiger partial charge in [-0.2, -0.15) is 0 Å². The summed E-state index contributed by atoms with van der Waals surface area (Å²) in [6.45, 7) is 0. The zero-order valence-electron chi connectivity index (χ0n) is 12.2. The van der Waals surface area contributed by atoms with Crippen LogP contribution in [0.4, 0.5) is 10.5 Å². The van der Waals surface area contributed by atoms with Crippen LogP contribution in [0.2, 0.25) is 0 Å². The molecule has 3 aromatic rings. The fourth-order valence-electron chi connectivity index (χ4n) is 2.29. The van der Waals surface area contributed by atoms with Crippen LogP contribution in [0.1, 0.15) is 0 Å². The van der Waals surface area contributed by atoms with Crippen LogP contribution in [0.5, 0.6) is 0 Å². The van der Waals surface area contributed by atoms with Crippen LogP contribution in [-0.2, 0) is 4.74 Å². The largest absolute Gasteiger partial charge is 0.453 e. The minimum Gasteiger partial charge on any atom is -0.453 e. The van der Waals surface area contributed by atoms with Crippen LogP contribution in [0.3, 0.4) is 0 Å². The summed E-state index contributed by atoms with van der Waals surface area (Å²) in [6, 6.07) is 14.0. The van der Waals surface area contributed by atoms with Gasteiger partial charge in [-0.3, -0.25) is 14.7 Å². The summed E-state index contributed by atoms with van der Waals surface area (Å²) >= 11 is 5.30. The van der Waals surface area contributed by atoms with Gasteiger partial charge < -0.3 is 9.72 Å². The van der Waals surface area contributed by atoms with Gasteiger partial charge in [0, 0.05) is 5.69 Å². The molecule has 0 atom stereocenters. The number of amides is 1. The van der Waals surface area contributed by atoms with Gasteiger partial charge in [0.2, 0.25) is 0 Å². The lowest BCUT2D eigenvalue weighted by Gasteiger charge is -2.10. The topological polar surface area (TPSA) is 76.1 Å². The molecule has 2 N–H and O–H groups in total. The Morgan fingerprint density at radius 2 is 2.00 bits per heavy atom. The molecule has 116 valence electrons. The second kappa shape index (κ2) is 6.05. The van der Waals surface area contributed by atoms with Gasteiger partial charge in [0.25, 0.3) is 5.56 Å². The van der Waals surface area contributed by atoms with Gasteiger partial charge in [0.15, 0.2) is 4.77 Å². The van der Waals surface area contributed by atoms with E-state index in [-0.39, 0.29) is 10.3 Å². The molecule has 0 aliphatic carbocycles. The molecule has 0 saturated heterocycles. The first-order valence-corrected chi connectivity index (χ1v) is 7.20. The first kappa shape index (κ1) is 15.0. The van der Waals surface area contributed by atoms with Gasteiger partial charge in [-0.15, -0.1) is 0 Å². The summed E-state index contributed by atoms with van der Waals surface area (Å²) in [5.74, 6) is 0. The smallest absolute Gasteiger partial charge is 0.411 e. The predicted octanol–water partition coefficient (Wildman–Crippen LogP) is 3.23. The molecule has 23 heavy (non-hydrogen) atoms. The van der Waals surface area contributed by atoms with E-state index in [2.05, 4.69) is 15.0 Å². The quantitative estimate of drug-likeness (QED) is 0.709. The summed E-state index contributed by atoms with van der Waals surface area (Å²) in [4.78, 5) is 27.0. The van der Waals surface area contributed by atoms with Gasteiger partial charge in [0.05, 0.1) is 23.7 Å². The predicted molar refractivity (Wildman–Crippen MR) is 90.8 cm³/mol. The molecule has 1 aromatic heterocycles. The Morgan fingerprint density at radius 1 is 1.22 bits per heavy atom. The number of fused-ring (bicyclic) bond motifs is 1. The van der Waals surface area contributed by atoms with Crippen molar-refractivity contribution in [1.82, 2.24) is 9.55 Å². The number of aromatic amines is 1. The molecule has 6 nitrogen and oxygen atoms in total. The van der Waals surface area contributed by atoms with E-state index in [1.165, 1.54) is 11.7 Å². The van der Waals surface area contributed by atoms with Crippen molar-refractivity contribution in [2.75, 3.05) is 12.4 Å². The van der Waals surface area contributed by atoms with Crippen molar-refractivity contribution >= 4 is 34.9 Å². The molecule has 0 aliphatic heterocycles. The monoisotopic (exact) mass is 327 g/mol. The second-order valence-electron chi connectivity index (χ2n) is 4.78. The number of anilines is 1. The third kappa shape index (κ3) is 2.86. The van der Waals surface area contributed by atoms with Crippen molar-refractivity contribution in [3.8, 4) is 5.69 Å². The molecule has 0 saturated carbocycles. The molecule has 7 heteroatoms. The van der Waals surface area contributed by atoms with Gasteiger partial charge >= 0.3 is 6.09 Å². The van der Waals surface area contributed by atoms with E-state index < -0.39 is 6.09 Å². The van der Waals surface area contributed by atoms with Gasteiger partial charge in [-0.25, -0.2) is 4.79 Å². The molecular formula is C16H13N3O3S. The normalized spacial score (nSPS) is 10.5. The zero-order valence-corrected chi connectivity index (χ0v) is 13.0. The Balaban J connectivity index is 2.17. The highest BCUT2D eigenvalue weighted by Gasteiger charge is 2.08. The maximum absolute atomic E-state index is 12.7. The highest BCUT2D eigenvalue weighted by molar-refractivity contribution is 7.71. The lowest BCUT2D eigenvalue weighted by Crippen LogP contribution is -2.20. The minimum absolute atomic E-state index is 0.223. The zero-order chi connectivity index (χ0) is 16.4. The fraction of sp³-hybridized carbons (Fsp3) is 0.0625. The molecule has 2 aromatic carbocycles. The van der Waals surface area contributed by atoms with E-state index in [0.29, 0.717) is 22.3 Å². The van der Waals surface area contributed by atoms with Crippen molar-refractivity contribution in [2.45, 2.75) is 0 Å². The SMILES string of the molecule is COC(=O)Nc1cccc(-n2c(=S)[nH]c3ccccc3c2=O)c1. The third-order valence-corrected chi connectivity index (χ3v) is 3.63. The van der Waals surface area contributed by atoms with Crippen LogP contribution in [0, 0.1) is 4.77 Å². The van der Waals surface area contributed by atoms with Crippen LogP contribution in [-0.4, -0.2) is 22.8 Å². The Labute approximate surface area is 136 Å². The molecule has 0 unspecified atom stereocenters. The van der Waals surface area contributed by atoms with E-state index in [9.17, 15) is 9.59 Å². The van der Waals surface area contributed by atoms with E-state index in [1.807, 2.05) is 6.07 Å². The first-order valence-electron chi connectivity index (χ1n) is 6.79. The number of ether oxygens (including phenoxy) is 1. The minimum atomic E-state index is -0.585. The number of nitrogens with zero attached hydrogens (tertiary/aromatic N) is 1. The van der Waals surface area contributed by atoms with Crippen LogP contribution in [0.25, 0.3) is 16.6 Å². The molecule has 3 rings (SSSR count). The number of rotatable bonds is 2. The fourth-order valence-corrected chi connectivity index (χ4v) is 2.59. The third-order valence-electron chi connectivity index (χ3n) is 3.34. The van der Waals surface area contributed by atoms with Gasteiger partial charge in [-0.05, 0) is 42.5 Å². The number of methoxy groups -OCH3 is 1. The number of benzene rings is 2. The maximum atomic E-state index is 12.7. The number of nitrogens with one attached hydrogen (secondary N) is 2. The van der Waals surface area contributed by atoms with E-state index in [4.69, 9.17) is 12.2 Å². The van der Waals surface area contributed by atoms with Crippen LogP contribution >= 0.6 is 12.2 Å². The number of carbonyl (C=O) groups excluding carboxylic acids is 1. The number of H-pyrrole nitrogens is 1. The second-order valence-corrected chi connectivity index (χ2v) is 5.17. The van der Waals surface area contributed by atoms with Crippen molar-refractivity contribution in [3.63, 3.8) is 0 Å². The summed E-state index contributed by atoms with van der Waals surface area (Å²) < 4.78 is 6.23. The van der Waals surface area contributed by atoms with Crippen molar-refractivity contribution in [1.29, 1.82) is 0 Å². The Hall–Kier alpha value is -2.93. The van der Waals surface area contributed by atoms with E-state index in [0.717, 1.165) is 0 Å². The van der Waals surface area contributed by atoms with Crippen LogP contribution in [0.15, 0.2) is 53.3 Å². The van der Waals surface area contributed by atoms with Crippen LogP contribution < -0.4 is 10.9 Å². The average Bonchev–Trinajstić information content (AvgIpc) is 2.55. The summed E-state index contributed by atoms with van der Waals surface area (Å²) in [5.41, 5.74) is 1.52.